The lowest BCUT2D eigenvalue weighted by Gasteiger charge is -2.10. The summed E-state index contributed by atoms with van der Waals surface area (Å²) in [6.45, 7) is 2.48. The van der Waals surface area contributed by atoms with Crippen LogP contribution in [0.25, 0.3) is 0 Å². The molecule has 1 aromatic rings. The Morgan fingerprint density at radius 3 is 2.11 bits per heavy atom. The van der Waals surface area contributed by atoms with Crippen LogP contribution in [-0.4, -0.2) is 24.8 Å². The van der Waals surface area contributed by atoms with E-state index in [1.54, 1.807) is 0 Å². The molecule has 0 atom stereocenters. The first kappa shape index (κ1) is 14.1. The van der Waals surface area contributed by atoms with Crippen LogP contribution < -0.4 is 10.6 Å². The molecule has 0 saturated heterocycles. The lowest BCUT2D eigenvalue weighted by atomic mass is 10.2. The van der Waals surface area contributed by atoms with Gasteiger partial charge >= 0.3 is 0 Å². The molecule has 0 heterocycles. The minimum absolute atomic E-state index is 0.101. The average Bonchev–Trinajstić information content (AvgIpc) is 2.13. The van der Waals surface area contributed by atoms with Gasteiger partial charge in [0.25, 0.3) is 10.1 Å². The second-order valence-electron chi connectivity index (χ2n) is 3.55. The summed E-state index contributed by atoms with van der Waals surface area (Å²) in [5.74, 6) is -0.844. The number of anilines is 2. The van der Waals surface area contributed by atoms with Crippen molar-refractivity contribution in [3.63, 3.8) is 0 Å². The fourth-order valence-electron chi connectivity index (χ4n) is 1.32. The molecule has 3 N–H and O–H groups in total. The summed E-state index contributed by atoms with van der Waals surface area (Å²) < 4.78 is 31.2. The minimum atomic E-state index is -4.45. The predicted octanol–water partition coefficient (Wildman–Crippen LogP) is 0.850. The molecule has 2 amide bonds. The van der Waals surface area contributed by atoms with E-state index in [-0.39, 0.29) is 11.6 Å². The van der Waals surface area contributed by atoms with Crippen LogP contribution in [0.1, 0.15) is 13.8 Å². The van der Waals surface area contributed by atoms with Crippen LogP contribution in [-0.2, 0) is 19.7 Å². The lowest BCUT2D eigenvalue weighted by molar-refractivity contribution is -0.115. The monoisotopic (exact) mass is 272 g/mol. The van der Waals surface area contributed by atoms with Gasteiger partial charge in [0.2, 0.25) is 11.8 Å². The molecular weight excluding hydrogens is 260 g/mol. The Morgan fingerprint density at radius 1 is 1.11 bits per heavy atom. The highest BCUT2D eigenvalue weighted by molar-refractivity contribution is 7.86. The fourth-order valence-corrected chi connectivity index (χ4v) is 1.95. The maximum absolute atomic E-state index is 11.1. The molecule has 0 spiro atoms. The van der Waals surface area contributed by atoms with Crippen molar-refractivity contribution in [3.8, 4) is 0 Å². The van der Waals surface area contributed by atoms with Gasteiger partial charge in [0.15, 0.2) is 0 Å². The second-order valence-corrected chi connectivity index (χ2v) is 4.94. The van der Waals surface area contributed by atoms with Gasteiger partial charge in [-0.15, -0.1) is 0 Å². The van der Waals surface area contributed by atoms with Gasteiger partial charge in [0.1, 0.15) is 4.90 Å². The summed E-state index contributed by atoms with van der Waals surface area (Å²) in [5, 5.41) is 4.69. The molecule has 8 heteroatoms. The summed E-state index contributed by atoms with van der Waals surface area (Å²) in [5.41, 5.74) is 0.204. The first-order valence-corrected chi connectivity index (χ1v) is 6.31. The zero-order valence-corrected chi connectivity index (χ0v) is 10.5. The maximum Gasteiger partial charge on any atom is 0.296 e. The van der Waals surface area contributed by atoms with E-state index in [0.29, 0.717) is 5.69 Å². The smallest absolute Gasteiger partial charge is 0.296 e. The van der Waals surface area contributed by atoms with Crippen molar-refractivity contribution < 1.29 is 22.6 Å². The quantitative estimate of drug-likeness (QED) is 0.706. The Kier molecular flexibility index (Phi) is 4.04. The van der Waals surface area contributed by atoms with Crippen LogP contribution in [0.2, 0.25) is 0 Å². The number of carbonyl (C=O) groups is 2. The van der Waals surface area contributed by atoms with Crippen molar-refractivity contribution in [1.29, 1.82) is 0 Å². The number of benzene rings is 1. The second kappa shape index (κ2) is 5.15. The van der Waals surface area contributed by atoms with E-state index in [2.05, 4.69) is 10.6 Å². The third-order valence-electron chi connectivity index (χ3n) is 1.89. The molecule has 0 bridgehead atoms. The Bertz CT molecular complexity index is 594. The lowest BCUT2D eigenvalue weighted by Crippen LogP contribution is -2.12. The van der Waals surface area contributed by atoms with Gasteiger partial charge in [-0.1, -0.05) is 0 Å². The van der Waals surface area contributed by atoms with Gasteiger partial charge in [-0.2, -0.15) is 8.42 Å². The molecule has 1 aromatic carbocycles. The summed E-state index contributed by atoms with van der Waals surface area (Å²) in [4.78, 5) is 21.4. The normalized spacial score (nSPS) is 10.8. The Balaban J connectivity index is 3.29. The molecule has 98 valence electrons. The molecule has 1 rings (SSSR count). The third-order valence-corrected chi connectivity index (χ3v) is 2.80. The highest BCUT2D eigenvalue weighted by Crippen LogP contribution is 2.25. The number of hydrogen-bond donors (Lipinski definition) is 3. The van der Waals surface area contributed by atoms with Crippen LogP contribution in [0.3, 0.4) is 0 Å². The number of amides is 2. The minimum Gasteiger partial charge on any atom is -0.326 e. The molecule has 0 aromatic heterocycles. The zero-order chi connectivity index (χ0) is 13.9. The largest absolute Gasteiger partial charge is 0.326 e. The number of carbonyl (C=O) groups excluding carboxylic acids is 2. The van der Waals surface area contributed by atoms with Crippen molar-refractivity contribution in [2.24, 2.45) is 0 Å². The summed E-state index contributed by atoms with van der Waals surface area (Å²) in [6, 6.07) is 3.63. The standard InChI is InChI=1S/C10H12N2O5S/c1-6(13)11-8-3-4-10(18(15,16)17)9(5-8)12-7(2)14/h3-5H,1-2H3,(H,11,13)(H,12,14)(H,15,16,17). The van der Waals surface area contributed by atoms with Crippen molar-refractivity contribution in [2.45, 2.75) is 18.7 Å². The van der Waals surface area contributed by atoms with E-state index in [9.17, 15) is 18.0 Å². The third kappa shape index (κ3) is 3.82. The maximum atomic E-state index is 11.1. The summed E-state index contributed by atoms with van der Waals surface area (Å²) in [6.07, 6.45) is 0. The molecule has 0 aliphatic carbocycles. The molecule has 18 heavy (non-hydrogen) atoms. The van der Waals surface area contributed by atoms with Gasteiger partial charge in [-0.05, 0) is 18.2 Å². The first-order valence-electron chi connectivity index (χ1n) is 4.87. The van der Waals surface area contributed by atoms with Crippen LogP contribution in [0.4, 0.5) is 11.4 Å². The van der Waals surface area contributed by atoms with E-state index in [1.165, 1.54) is 26.0 Å². The van der Waals surface area contributed by atoms with Crippen LogP contribution in [0.5, 0.6) is 0 Å². The van der Waals surface area contributed by atoms with E-state index in [1.807, 2.05) is 0 Å². The van der Waals surface area contributed by atoms with E-state index in [4.69, 9.17) is 4.55 Å². The molecule has 0 unspecified atom stereocenters. The van der Waals surface area contributed by atoms with Gasteiger partial charge in [-0.3, -0.25) is 14.1 Å². The molecule has 0 radical (unpaired) electrons. The van der Waals surface area contributed by atoms with E-state index >= 15 is 0 Å². The van der Waals surface area contributed by atoms with Gasteiger partial charge < -0.3 is 10.6 Å². The molecule has 0 saturated carbocycles. The van der Waals surface area contributed by atoms with Crippen molar-refractivity contribution in [1.82, 2.24) is 0 Å². The fraction of sp³-hybridized carbons (Fsp3) is 0.200. The number of hydrogen-bond acceptors (Lipinski definition) is 4. The van der Waals surface area contributed by atoms with Crippen molar-refractivity contribution in [3.05, 3.63) is 18.2 Å². The van der Waals surface area contributed by atoms with Gasteiger partial charge in [-0.25, -0.2) is 0 Å². The Labute approximate surface area is 104 Å². The van der Waals surface area contributed by atoms with Crippen molar-refractivity contribution in [2.75, 3.05) is 10.6 Å². The van der Waals surface area contributed by atoms with Gasteiger partial charge in [0, 0.05) is 19.5 Å². The summed E-state index contributed by atoms with van der Waals surface area (Å²) >= 11 is 0. The van der Waals surface area contributed by atoms with Crippen LogP contribution >= 0.6 is 0 Å². The summed E-state index contributed by atoms with van der Waals surface area (Å²) in [7, 11) is -4.45. The predicted molar refractivity (Wildman–Crippen MR) is 64.9 cm³/mol. The van der Waals surface area contributed by atoms with E-state index in [0.717, 1.165) is 6.07 Å². The molecule has 0 aliphatic rings. The molecule has 0 aliphatic heterocycles. The van der Waals surface area contributed by atoms with Crippen LogP contribution in [0, 0.1) is 0 Å². The first-order chi connectivity index (χ1) is 8.20. The van der Waals surface area contributed by atoms with E-state index < -0.39 is 20.9 Å². The Hall–Kier alpha value is -1.93. The Morgan fingerprint density at radius 2 is 1.67 bits per heavy atom. The van der Waals surface area contributed by atoms with Crippen LogP contribution in [0.15, 0.2) is 23.1 Å². The topological polar surface area (TPSA) is 113 Å². The molecular formula is C10H12N2O5S. The zero-order valence-electron chi connectivity index (χ0n) is 9.72. The number of nitrogens with one attached hydrogen (secondary N) is 2. The average molecular weight is 272 g/mol. The SMILES string of the molecule is CC(=O)Nc1ccc(S(=O)(=O)O)c(NC(C)=O)c1. The number of rotatable bonds is 3. The van der Waals surface area contributed by atoms with Crippen molar-refractivity contribution >= 4 is 33.3 Å². The molecule has 0 fully saturated rings. The highest BCUT2D eigenvalue weighted by Gasteiger charge is 2.17. The molecule has 7 nitrogen and oxygen atoms in total. The van der Waals surface area contributed by atoms with Gasteiger partial charge in [0.05, 0.1) is 5.69 Å². The highest BCUT2D eigenvalue weighted by atomic mass is 32.2.